The van der Waals surface area contributed by atoms with E-state index in [0.29, 0.717) is 6.54 Å². The van der Waals surface area contributed by atoms with E-state index >= 15 is 0 Å². The first-order chi connectivity index (χ1) is 8.16. The predicted octanol–water partition coefficient (Wildman–Crippen LogP) is -0.424. The Kier molecular flexibility index (Phi) is 3.42. The summed E-state index contributed by atoms with van der Waals surface area (Å²) in [5.41, 5.74) is 0.977. The van der Waals surface area contributed by atoms with E-state index in [4.69, 9.17) is 10.0 Å². The van der Waals surface area contributed by atoms with Crippen molar-refractivity contribution in [2.75, 3.05) is 0 Å². The third-order valence-corrected chi connectivity index (χ3v) is 2.51. The van der Waals surface area contributed by atoms with E-state index in [0.717, 1.165) is 5.56 Å². The molecule has 0 saturated carbocycles. The molecular weight excluding hydrogens is 217 g/mol. The van der Waals surface area contributed by atoms with Crippen molar-refractivity contribution < 1.29 is 10.0 Å². The molecule has 0 unspecified atom stereocenters. The normalized spacial score (nSPS) is 10.2. The van der Waals surface area contributed by atoms with E-state index < -0.39 is 7.12 Å². The van der Waals surface area contributed by atoms with Gasteiger partial charge in [-0.15, -0.1) is 0 Å². The molecule has 0 radical (unpaired) electrons. The molecule has 86 valence electrons. The number of pyridine rings is 1. The molecule has 2 aromatic rings. The zero-order chi connectivity index (χ0) is 12.3. The van der Waals surface area contributed by atoms with Gasteiger partial charge in [0, 0.05) is 12.3 Å². The number of hydrogen-bond acceptors (Lipinski definition) is 3. The zero-order valence-corrected chi connectivity index (χ0v) is 9.15. The van der Waals surface area contributed by atoms with Crippen molar-refractivity contribution in [2.24, 2.45) is 0 Å². The zero-order valence-electron chi connectivity index (χ0n) is 9.15. The summed E-state index contributed by atoms with van der Waals surface area (Å²) in [4.78, 5) is 11.7. The smallest absolute Gasteiger partial charge is 0.423 e. The molecule has 0 aliphatic heterocycles. The van der Waals surface area contributed by atoms with Crippen LogP contribution < -0.4 is 11.0 Å². The predicted molar refractivity (Wildman–Crippen MR) is 66.1 cm³/mol. The fraction of sp³-hybridized carbons (Fsp3) is 0.0833. The van der Waals surface area contributed by atoms with E-state index in [1.807, 2.05) is 30.3 Å². The van der Waals surface area contributed by atoms with Gasteiger partial charge in [0.1, 0.15) is 0 Å². The van der Waals surface area contributed by atoms with Crippen LogP contribution in [0.3, 0.4) is 0 Å². The van der Waals surface area contributed by atoms with E-state index in [-0.39, 0.29) is 11.0 Å². The van der Waals surface area contributed by atoms with Crippen LogP contribution in [0.5, 0.6) is 0 Å². The summed E-state index contributed by atoms with van der Waals surface area (Å²) in [6, 6.07) is 12.3. The monoisotopic (exact) mass is 229 g/mol. The number of benzene rings is 1. The largest absolute Gasteiger partial charge is 0.488 e. The lowest BCUT2D eigenvalue weighted by Gasteiger charge is -2.06. The number of hydrogen-bond donors (Lipinski definition) is 2. The molecule has 0 aliphatic rings. The maximum absolute atomic E-state index is 11.7. The van der Waals surface area contributed by atoms with Crippen LogP contribution in [0.15, 0.2) is 53.5 Å². The molecule has 4 nitrogen and oxygen atoms in total. The number of nitrogens with zero attached hydrogens (tertiary/aromatic N) is 1. The fourth-order valence-corrected chi connectivity index (χ4v) is 1.59. The average molecular weight is 229 g/mol. The van der Waals surface area contributed by atoms with Crippen molar-refractivity contribution in [1.29, 1.82) is 0 Å². The summed E-state index contributed by atoms with van der Waals surface area (Å²) in [7, 11) is -1.60. The highest BCUT2D eigenvalue weighted by atomic mass is 16.4. The summed E-state index contributed by atoms with van der Waals surface area (Å²) in [6.45, 7) is 0.474. The molecule has 0 aliphatic carbocycles. The van der Waals surface area contributed by atoms with Crippen LogP contribution in [0.25, 0.3) is 0 Å². The molecule has 0 saturated heterocycles. The molecule has 2 rings (SSSR count). The molecule has 1 heterocycles. The Balaban J connectivity index is 2.26. The maximum Gasteiger partial charge on any atom is 0.488 e. The van der Waals surface area contributed by atoms with Gasteiger partial charge in [-0.05, 0) is 17.1 Å². The Labute approximate surface area is 98.9 Å². The van der Waals surface area contributed by atoms with Gasteiger partial charge in [0.15, 0.2) is 0 Å². The molecule has 0 fully saturated rings. The van der Waals surface area contributed by atoms with Crippen molar-refractivity contribution in [1.82, 2.24) is 4.57 Å². The second-order valence-electron chi connectivity index (χ2n) is 3.79. The first-order valence-corrected chi connectivity index (χ1v) is 5.27. The molecule has 17 heavy (non-hydrogen) atoms. The SMILES string of the molecule is O=c1cc(B(O)O)ccn1Cc1ccccc1. The lowest BCUT2D eigenvalue weighted by molar-refractivity contribution is 0.425. The summed E-state index contributed by atoms with van der Waals surface area (Å²) < 4.78 is 1.52. The van der Waals surface area contributed by atoms with Crippen LogP contribution in [-0.4, -0.2) is 21.7 Å². The summed E-state index contributed by atoms with van der Waals surface area (Å²) in [5, 5.41) is 17.9. The fourth-order valence-electron chi connectivity index (χ4n) is 1.59. The topological polar surface area (TPSA) is 62.5 Å². The van der Waals surface area contributed by atoms with Gasteiger partial charge in [-0.2, -0.15) is 0 Å². The van der Waals surface area contributed by atoms with E-state index in [9.17, 15) is 4.79 Å². The third kappa shape index (κ3) is 2.84. The van der Waals surface area contributed by atoms with E-state index in [1.165, 1.54) is 16.7 Å². The maximum atomic E-state index is 11.7. The second-order valence-corrected chi connectivity index (χ2v) is 3.79. The van der Waals surface area contributed by atoms with Crippen LogP contribution in [0, 0.1) is 0 Å². The molecule has 2 N–H and O–H groups in total. The minimum Gasteiger partial charge on any atom is -0.423 e. The van der Waals surface area contributed by atoms with Crippen LogP contribution in [-0.2, 0) is 6.54 Å². The minimum absolute atomic E-state index is 0.208. The quantitative estimate of drug-likeness (QED) is 0.702. The van der Waals surface area contributed by atoms with Crippen molar-refractivity contribution in [2.45, 2.75) is 6.54 Å². The van der Waals surface area contributed by atoms with E-state index in [1.54, 1.807) is 6.20 Å². The van der Waals surface area contributed by atoms with Gasteiger partial charge >= 0.3 is 7.12 Å². The first-order valence-electron chi connectivity index (χ1n) is 5.27. The van der Waals surface area contributed by atoms with E-state index in [2.05, 4.69) is 0 Å². The molecule has 1 aromatic heterocycles. The van der Waals surface area contributed by atoms with Gasteiger partial charge < -0.3 is 14.6 Å². The molecule has 0 spiro atoms. The molecule has 5 heteroatoms. The Hall–Kier alpha value is -1.85. The number of aromatic nitrogens is 1. The van der Waals surface area contributed by atoms with Gasteiger partial charge in [-0.25, -0.2) is 0 Å². The van der Waals surface area contributed by atoms with Crippen LogP contribution in [0.1, 0.15) is 5.56 Å². The summed E-state index contributed by atoms with van der Waals surface area (Å²) in [5.74, 6) is 0. The summed E-state index contributed by atoms with van der Waals surface area (Å²) >= 11 is 0. The molecular formula is C12H12BNO3. The molecule has 1 aromatic carbocycles. The van der Waals surface area contributed by atoms with Gasteiger partial charge in [0.05, 0.1) is 6.54 Å². The van der Waals surface area contributed by atoms with Crippen molar-refractivity contribution in [3.05, 3.63) is 64.6 Å². The lowest BCUT2D eigenvalue weighted by Crippen LogP contribution is -2.35. The molecule has 0 amide bonds. The highest BCUT2D eigenvalue weighted by Gasteiger charge is 2.11. The highest BCUT2D eigenvalue weighted by molar-refractivity contribution is 6.58. The van der Waals surface area contributed by atoms with Crippen LogP contribution in [0.4, 0.5) is 0 Å². The Morgan fingerprint density at radius 2 is 1.82 bits per heavy atom. The van der Waals surface area contributed by atoms with Crippen LogP contribution >= 0.6 is 0 Å². The van der Waals surface area contributed by atoms with Crippen molar-refractivity contribution in [3.8, 4) is 0 Å². The van der Waals surface area contributed by atoms with Gasteiger partial charge in [0.2, 0.25) is 5.56 Å². The van der Waals surface area contributed by atoms with Crippen molar-refractivity contribution in [3.63, 3.8) is 0 Å². The first kappa shape index (κ1) is 11.6. The van der Waals surface area contributed by atoms with Gasteiger partial charge in [-0.1, -0.05) is 30.3 Å². The Morgan fingerprint density at radius 3 is 2.41 bits per heavy atom. The average Bonchev–Trinajstić information content (AvgIpc) is 2.33. The van der Waals surface area contributed by atoms with Gasteiger partial charge in [-0.3, -0.25) is 4.79 Å². The molecule has 0 atom stereocenters. The standard InChI is InChI=1S/C12H12BNO3/c15-12-8-11(13(16)17)6-7-14(12)9-10-4-2-1-3-5-10/h1-8,16-17H,9H2. The van der Waals surface area contributed by atoms with Crippen LogP contribution in [0.2, 0.25) is 0 Å². The third-order valence-electron chi connectivity index (χ3n) is 2.51. The highest BCUT2D eigenvalue weighted by Crippen LogP contribution is 1.99. The Morgan fingerprint density at radius 1 is 1.12 bits per heavy atom. The Bertz CT molecular complexity index is 551. The molecule has 0 bridgehead atoms. The second kappa shape index (κ2) is 4.99. The number of rotatable bonds is 3. The summed E-state index contributed by atoms with van der Waals surface area (Å²) in [6.07, 6.45) is 1.56. The minimum atomic E-state index is -1.60. The lowest BCUT2D eigenvalue weighted by atomic mass is 9.81. The van der Waals surface area contributed by atoms with Gasteiger partial charge in [0.25, 0.3) is 0 Å². The van der Waals surface area contributed by atoms with Crippen molar-refractivity contribution >= 4 is 12.6 Å².